The van der Waals surface area contributed by atoms with Crippen LogP contribution in [0.4, 0.5) is 0 Å². The molecular weight excluding hydrogens is 432 g/mol. The smallest absolute Gasteiger partial charge is 0.168 e. The Morgan fingerprint density at radius 1 is 1.00 bits per heavy atom. The van der Waals surface area contributed by atoms with Gasteiger partial charge in [-0.2, -0.15) is 0 Å². The molecule has 2 aliphatic rings. The van der Waals surface area contributed by atoms with Gasteiger partial charge < -0.3 is 9.84 Å². The van der Waals surface area contributed by atoms with Gasteiger partial charge in [0.2, 0.25) is 0 Å². The highest BCUT2D eigenvalue weighted by Gasteiger charge is 2.27. The molecule has 0 bridgehead atoms. The zero-order chi connectivity index (χ0) is 24.6. The number of fused-ring (bicyclic) bond motifs is 1. The van der Waals surface area contributed by atoms with E-state index < -0.39 is 0 Å². The van der Waals surface area contributed by atoms with Crippen molar-refractivity contribution in [1.29, 1.82) is 0 Å². The maximum absolute atomic E-state index is 13.1. The molecule has 0 spiro atoms. The molecule has 0 saturated heterocycles. The second-order valence-corrected chi connectivity index (χ2v) is 10.3. The maximum Gasteiger partial charge on any atom is 0.168 e. The third kappa shape index (κ3) is 6.59. The molecule has 0 aromatic heterocycles. The van der Waals surface area contributed by atoms with E-state index in [4.69, 9.17) is 9.84 Å². The van der Waals surface area contributed by atoms with Gasteiger partial charge in [0.15, 0.2) is 5.78 Å². The fourth-order valence-corrected chi connectivity index (χ4v) is 5.86. The number of ether oxygens (including phenoxy) is 1. The second-order valence-electron chi connectivity index (χ2n) is 10.3. The van der Waals surface area contributed by atoms with Crippen LogP contribution in [0.3, 0.4) is 0 Å². The van der Waals surface area contributed by atoms with Crippen molar-refractivity contribution < 1.29 is 14.6 Å². The zero-order valence-electron chi connectivity index (χ0n) is 21.4. The molecule has 2 aromatic carbocycles. The summed E-state index contributed by atoms with van der Waals surface area (Å²) in [5, 5.41) is 8.85. The van der Waals surface area contributed by atoms with Crippen molar-refractivity contribution >= 4 is 16.9 Å². The van der Waals surface area contributed by atoms with Gasteiger partial charge in [-0.05, 0) is 72.8 Å². The molecule has 0 amide bonds. The summed E-state index contributed by atoms with van der Waals surface area (Å²) in [6.07, 6.45) is 11.4. The lowest BCUT2D eigenvalue weighted by Gasteiger charge is -2.28. The topological polar surface area (TPSA) is 46.5 Å². The Hall–Kier alpha value is -2.49. The van der Waals surface area contributed by atoms with Crippen molar-refractivity contribution in [3.63, 3.8) is 0 Å². The number of carbonyl (C=O) groups excluding carboxylic acids is 1. The molecule has 1 saturated carbocycles. The highest BCUT2D eigenvalue weighted by Crippen LogP contribution is 2.38. The van der Waals surface area contributed by atoms with E-state index in [1.807, 2.05) is 0 Å². The van der Waals surface area contributed by atoms with E-state index in [0.717, 1.165) is 53.6 Å². The molecule has 0 radical (unpaired) electrons. The fourth-order valence-electron chi connectivity index (χ4n) is 5.86. The summed E-state index contributed by atoms with van der Waals surface area (Å²) in [4.78, 5) is 13.1. The minimum atomic E-state index is 0.113. The van der Waals surface area contributed by atoms with Crippen molar-refractivity contribution in [3.8, 4) is 0 Å². The number of Topliss-reactive ketones (excluding diaryl/α,β-unsaturated/α-hetero) is 1. The summed E-state index contributed by atoms with van der Waals surface area (Å²) >= 11 is 0. The minimum Gasteiger partial charge on any atom is -0.394 e. The van der Waals surface area contributed by atoms with E-state index in [9.17, 15) is 4.79 Å². The largest absolute Gasteiger partial charge is 0.394 e. The lowest BCUT2D eigenvalue weighted by Crippen LogP contribution is -2.16. The lowest BCUT2D eigenvalue weighted by atomic mass is 9.78. The summed E-state index contributed by atoms with van der Waals surface area (Å²) in [7, 11) is 0. The minimum absolute atomic E-state index is 0.113. The van der Waals surface area contributed by atoms with Gasteiger partial charge in [0, 0.05) is 18.6 Å². The fraction of sp³-hybridized carbons (Fsp3) is 0.469. The van der Waals surface area contributed by atoms with E-state index in [1.54, 1.807) is 0 Å². The van der Waals surface area contributed by atoms with Crippen LogP contribution < -0.4 is 0 Å². The van der Waals surface area contributed by atoms with Crippen molar-refractivity contribution in [2.45, 2.75) is 65.2 Å². The van der Waals surface area contributed by atoms with Crippen LogP contribution in [0.5, 0.6) is 0 Å². The number of aryl methyl sites for hydroxylation is 1. The Labute approximate surface area is 210 Å². The van der Waals surface area contributed by atoms with Gasteiger partial charge in [0.1, 0.15) is 0 Å². The van der Waals surface area contributed by atoms with Gasteiger partial charge in [-0.15, -0.1) is 0 Å². The van der Waals surface area contributed by atoms with Gasteiger partial charge in [-0.25, -0.2) is 0 Å². The molecular formula is C32H40O3. The molecule has 2 aliphatic carbocycles. The van der Waals surface area contributed by atoms with E-state index >= 15 is 0 Å². The lowest BCUT2D eigenvalue weighted by molar-refractivity contribution is -0.112. The van der Waals surface area contributed by atoms with Crippen LogP contribution >= 0.6 is 0 Å². The molecule has 0 unspecified atom stereocenters. The van der Waals surface area contributed by atoms with Crippen LogP contribution in [0.25, 0.3) is 11.1 Å². The Balaban J connectivity index is 1.45. The Morgan fingerprint density at radius 3 is 2.43 bits per heavy atom. The summed E-state index contributed by atoms with van der Waals surface area (Å²) in [5.74, 6) is 1.79. The molecule has 186 valence electrons. The molecule has 0 heterocycles. The maximum atomic E-state index is 13.1. The van der Waals surface area contributed by atoms with Crippen LogP contribution in [0.1, 0.15) is 74.1 Å². The standard InChI is InChI=1S/C32H40O3/c1-23-11-16-30-28(21-23)22-31(34)32(30)24(2)29(27-8-4-3-5-9-27)10-6-7-25-12-14-26(15-13-25)17-19-35-20-18-33/h3-5,8-11,16,21,25-26,33H,6-7,12-15,17-20,22H2,1-2H3. The number of benzene rings is 2. The van der Waals surface area contributed by atoms with Crippen LogP contribution in [0.15, 0.2) is 60.2 Å². The first-order chi connectivity index (χ1) is 17.1. The number of carbonyl (C=O) groups is 1. The van der Waals surface area contributed by atoms with Crippen molar-refractivity contribution in [2.24, 2.45) is 11.8 Å². The Morgan fingerprint density at radius 2 is 1.71 bits per heavy atom. The molecule has 0 atom stereocenters. The van der Waals surface area contributed by atoms with E-state index in [2.05, 4.69) is 68.5 Å². The third-order valence-corrected chi connectivity index (χ3v) is 7.82. The third-order valence-electron chi connectivity index (χ3n) is 7.82. The van der Waals surface area contributed by atoms with E-state index in [0.29, 0.717) is 13.0 Å². The molecule has 3 heteroatoms. The van der Waals surface area contributed by atoms with Crippen LogP contribution in [-0.4, -0.2) is 30.7 Å². The number of aliphatic hydroxyl groups excluding tert-OH is 1. The SMILES string of the molecule is CC(C(=CCCC1CCC(CCOCCO)CC1)c1ccccc1)=C1C(=O)Cc2cc(C)ccc21. The van der Waals surface area contributed by atoms with E-state index in [1.165, 1.54) is 48.8 Å². The number of allylic oxidation sites excluding steroid dienone is 4. The average Bonchev–Trinajstić information content (AvgIpc) is 3.20. The predicted molar refractivity (Wildman–Crippen MR) is 144 cm³/mol. The van der Waals surface area contributed by atoms with Gasteiger partial charge in [-0.1, -0.05) is 85.9 Å². The van der Waals surface area contributed by atoms with Gasteiger partial charge in [0.05, 0.1) is 13.2 Å². The molecule has 1 N–H and O–H groups in total. The predicted octanol–water partition coefficient (Wildman–Crippen LogP) is 6.96. The first kappa shape index (κ1) is 25.6. The first-order valence-electron chi connectivity index (χ1n) is 13.3. The number of aliphatic hydroxyl groups is 1. The molecule has 35 heavy (non-hydrogen) atoms. The molecule has 4 rings (SSSR count). The molecule has 0 aliphatic heterocycles. The number of hydrogen-bond acceptors (Lipinski definition) is 3. The number of rotatable bonds is 10. The highest BCUT2D eigenvalue weighted by molar-refractivity contribution is 6.28. The quantitative estimate of drug-likeness (QED) is 0.300. The van der Waals surface area contributed by atoms with Crippen LogP contribution in [0.2, 0.25) is 0 Å². The first-order valence-corrected chi connectivity index (χ1v) is 13.3. The molecule has 3 nitrogen and oxygen atoms in total. The second kappa shape index (κ2) is 12.5. The van der Waals surface area contributed by atoms with Crippen molar-refractivity contribution in [2.75, 3.05) is 19.8 Å². The van der Waals surface area contributed by atoms with E-state index in [-0.39, 0.29) is 12.4 Å². The van der Waals surface area contributed by atoms with Gasteiger partial charge in [0.25, 0.3) is 0 Å². The normalized spacial score (nSPS) is 21.8. The van der Waals surface area contributed by atoms with Crippen molar-refractivity contribution in [3.05, 3.63) is 82.4 Å². The molecule has 2 aromatic rings. The number of hydrogen-bond donors (Lipinski definition) is 1. The van der Waals surface area contributed by atoms with Gasteiger partial charge in [-0.3, -0.25) is 4.79 Å². The summed E-state index contributed by atoms with van der Waals surface area (Å²) in [6.45, 7) is 5.56. The summed E-state index contributed by atoms with van der Waals surface area (Å²) in [6, 6.07) is 17.0. The van der Waals surface area contributed by atoms with Crippen LogP contribution in [0, 0.1) is 18.8 Å². The summed E-state index contributed by atoms with van der Waals surface area (Å²) < 4.78 is 5.46. The molecule has 1 fully saturated rings. The monoisotopic (exact) mass is 472 g/mol. The van der Waals surface area contributed by atoms with Gasteiger partial charge >= 0.3 is 0 Å². The van der Waals surface area contributed by atoms with Crippen molar-refractivity contribution in [1.82, 2.24) is 0 Å². The average molecular weight is 473 g/mol. The zero-order valence-corrected chi connectivity index (χ0v) is 21.4. The Kier molecular flexibility index (Phi) is 9.12. The van der Waals surface area contributed by atoms with Crippen LogP contribution in [-0.2, 0) is 16.0 Å². The number of ketones is 1. The summed E-state index contributed by atoms with van der Waals surface area (Å²) in [5.41, 5.74) is 7.89. The highest BCUT2D eigenvalue weighted by atomic mass is 16.5. The Bertz CT molecular complexity index is 1060.